The van der Waals surface area contributed by atoms with E-state index in [2.05, 4.69) is 38.4 Å². The van der Waals surface area contributed by atoms with Gasteiger partial charge in [-0.2, -0.15) is 0 Å². The maximum atomic E-state index is 11.6. The highest BCUT2D eigenvalue weighted by Crippen LogP contribution is 2.18. The molecule has 0 saturated heterocycles. The molecule has 0 heterocycles. The monoisotopic (exact) mass is 313 g/mol. The van der Waals surface area contributed by atoms with Gasteiger partial charge in [-0.05, 0) is 38.6 Å². The Morgan fingerprint density at radius 3 is 2.72 bits per heavy atom. The van der Waals surface area contributed by atoms with Crippen molar-refractivity contribution in [1.29, 1.82) is 0 Å². The topological polar surface area (TPSA) is 58.4 Å². The molecule has 0 aliphatic carbocycles. The molecule has 1 aromatic carbocycles. The first-order valence-electron chi connectivity index (χ1n) is 5.79. The van der Waals surface area contributed by atoms with Gasteiger partial charge in [0.1, 0.15) is 0 Å². The number of amides is 1. The Kier molecular flexibility index (Phi) is 5.31. The van der Waals surface area contributed by atoms with Crippen LogP contribution in [-0.4, -0.2) is 24.4 Å². The zero-order chi connectivity index (χ0) is 13.8. The SMILES string of the molecule is CN(Cc1cccc(Br)c1)CC(C)(C)C(=O)NN. The lowest BCUT2D eigenvalue weighted by Gasteiger charge is -2.28. The number of carbonyl (C=O) groups is 1. The molecule has 0 aliphatic rings. The summed E-state index contributed by atoms with van der Waals surface area (Å²) < 4.78 is 1.06. The van der Waals surface area contributed by atoms with Gasteiger partial charge in [0, 0.05) is 17.6 Å². The van der Waals surface area contributed by atoms with Crippen molar-refractivity contribution >= 4 is 21.8 Å². The van der Waals surface area contributed by atoms with Crippen molar-refractivity contribution in [3.63, 3.8) is 0 Å². The fourth-order valence-corrected chi connectivity index (χ4v) is 2.39. The first kappa shape index (κ1) is 15.1. The van der Waals surface area contributed by atoms with Crippen LogP contribution in [0.25, 0.3) is 0 Å². The molecular formula is C13H20BrN3O. The minimum atomic E-state index is -0.504. The zero-order valence-corrected chi connectivity index (χ0v) is 12.6. The third kappa shape index (κ3) is 4.40. The standard InChI is InChI=1S/C13H20BrN3O/c1-13(2,12(18)16-15)9-17(3)8-10-5-4-6-11(14)7-10/h4-7H,8-9,15H2,1-3H3,(H,16,18). The van der Waals surface area contributed by atoms with Crippen LogP contribution in [0.1, 0.15) is 19.4 Å². The van der Waals surface area contributed by atoms with E-state index in [-0.39, 0.29) is 5.91 Å². The van der Waals surface area contributed by atoms with E-state index < -0.39 is 5.41 Å². The molecule has 0 spiro atoms. The average molecular weight is 314 g/mol. The highest BCUT2D eigenvalue weighted by Gasteiger charge is 2.28. The molecule has 1 aromatic rings. The van der Waals surface area contributed by atoms with Gasteiger partial charge in [0.05, 0.1) is 5.41 Å². The molecule has 18 heavy (non-hydrogen) atoms. The van der Waals surface area contributed by atoms with Crippen molar-refractivity contribution in [2.75, 3.05) is 13.6 Å². The lowest BCUT2D eigenvalue weighted by Crippen LogP contribution is -2.46. The molecule has 1 rings (SSSR count). The van der Waals surface area contributed by atoms with Crippen molar-refractivity contribution in [3.05, 3.63) is 34.3 Å². The van der Waals surface area contributed by atoms with Gasteiger partial charge in [-0.15, -0.1) is 0 Å². The third-order valence-corrected chi connectivity index (χ3v) is 3.25. The Hall–Kier alpha value is -0.910. The molecule has 1 amide bonds. The van der Waals surface area contributed by atoms with E-state index >= 15 is 0 Å². The fraction of sp³-hybridized carbons (Fsp3) is 0.462. The number of nitrogens with two attached hydrogens (primary N) is 1. The van der Waals surface area contributed by atoms with Crippen LogP contribution in [-0.2, 0) is 11.3 Å². The Morgan fingerprint density at radius 1 is 1.50 bits per heavy atom. The van der Waals surface area contributed by atoms with Crippen molar-refractivity contribution in [1.82, 2.24) is 10.3 Å². The molecule has 3 N–H and O–H groups in total. The van der Waals surface area contributed by atoms with Crippen LogP contribution in [0.5, 0.6) is 0 Å². The van der Waals surface area contributed by atoms with Crippen molar-refractivity contribution in [2.24, 2.45) is 11.3 Å². The number of hydrogen-bond acceptors (Lipinski definition) is 3. The summed E-state index contributed by atoms with van der Waals surface area (Å²) in [4.78, 5) is 13.7. The largest absolute Gasteiger partial charge is 0.301 e. The summed E-state index contributed by atoms with van der Waals surface area (Å²) in [5.41, 5.74) is 2.91. The molecule has 0 fully saturated rings. The van der Waals surface area contributed by atoms with Crippen LogP contribution in [0.2, 0.25) is 0 Å². The molecule has 0 bridgehead atoms. The second-order valence-electron chi connectivity index (χ2n) is 5.16. The zero-order valence-electron chi connectivity index (χ0n) is 11.0. The highest BCUT2D eigenvalue weighted by atomic mass is 79.9. The Morgan fingerprint density at radius 2 is 2.17 bits per heavy atom. The van der Waals surface area contributed by atoms with Gasteiger partial charge in [-0.1, -0.05) is 28.1 Å². The van der Waals surface area contributed by atoms with E-state index in [4.69, 9.17) is 5.84 Å². The molecule has 0 radical (unpaired) electrons. The maximum Gasteiger partial charge on any atom is 0.240 e. The van der Waals surface area contributed by atoms with E-state index in [0.717, 1.165) is 11.0 Å². The number of rotatable bonds is 5. The Balaban J connectivity index is 2.61. The summed E-state index contributed by atoms with van der Waals surface area (Å²) in [5, 5.41) is 0. The van der Waals surface area contributed by atoms with E-state index in [0.29, 0.717) is 6.54 Å². The van der Waals surface area contributed by atoms with Gasteiger partial charge < -0.3 is 4.90 Å². The van der Waals surface area contributed by atoms with Crippen LogP contribution >= 0.6 is 15.9 Å². The molecule has 0 aliphatic heterocycles. The molecule has 4 nitrogen and oxygen atoms in total. The van der Waals surface area contributed by atoms with Gasteiger partial charge in [-0.25, -0.2) is 5.84 Å². The summed E-state index contributed by atoms with van der Waals surface area (Å²) in [6, 6.07) is 8.14. The Bertz CT molecular complexity index is 420. The Labute approximate surface area is 117 Å². The van der Waals surface area contributed by atoms with Crippen LogP contribution in [0.4, 0.5) is 0 Å². The molecule has 0 atom stereocenters. The van der Waals surface area contributed by atoms with Crippen LogP contribution in [0.3, 0.4) is 0 Å². The predicted octanol–water partition coefficient (Wildman–Crippen LogP) is 1.90. The van der Waals surface area contributed by atoms with Gasteiger partial charge in [0.25, 0.3) is 0 Å². The number of hydrazine groups is 1. The quantitative estimate of drug-likeness (QED) is 0.496. The predicted molar refractivity (Wildman–Crippen MR) is 76.6 cm³/mol. The highest BCUT2D eigenvalue weighted by molar-refractivity contribution is 9.10. The number of halogens is 1. The molecule has 0 unspecified atom stereocenters. The van der Waals surface area contributed by atoms with Gasteiger partial charge in [0.2, 0.25) is 5.91 Å². The number of carbonyl (C=O) groups excluding carboxylic acids is 1. The fourth-order valence-electron chi connectivity index (χ4n) is 1.94. The van der Waals surface area contributed by atoms with Gasteiger partial charge >= 0.3 is 0 Å². The second-order valence-corrected chi connectivity index (χ2v) is 6.08. The third-order valence-electron chi connectivity index (χ3n) is 2.75. The number of benzene rings is 1. The number of nitrogens with zero attached hydrogens (tertiary/aromatic N) is 1. The summed E-state index contributed by atoms with van der Waals surface area (Å²) in [7, 11) is 1.99. The molecule has 0 saturated carbocycles. The van der Waals surface area contributed by atoms with E-state index in [1.54, 1.807) is 0 Å². The maximum absolute atomic E-state index is 11.6. The van der Waals surface area contributed by atoms with Crippen molar-refractivity contribution in [2.45, 2.75) is 20.4 Å². The smallest absolute Gasteiger partial charge is 0.240 e. The van der Waals surface area contributed by atoms with Crippen LogP contribution < -0.4 is 11.3 Å². The lowest BCUT2D eigenvalue weighted by atomic mass is 9.92. The first-order valence-corrected chi connectivity index (χ1v) is 6.58. The van der Waals surface area contributed by atoms with E-state index in [9.17, 15) is 4.79 Å². The second kappa shape index (κ2) is 6.31. The van der Waals surface area contributed by atoms with Crippen molar-refractivity contribution < 1.29 is 4.79 Å². The summed E-state index contributed by atoms with van der Waals surface area (Å²) >= 11 is 3.45. The molecule has 100 valence electrons. The summed E-state index contributed by atoms with van der Waals surface area (Å²) in [6.07, 6.45) is 0. The van der Waals surface area contributed by atoms with Crippen molar-refractivity contribution in [3.8, 4) is 0 Å². The lowest BCUT2D eigenvalue weighted by molar-refractivity contribution is -0.130. The minimum Gasteiger partial charge on any atom is -0.301 e. The average Bonchev–Trinajstić information content (AvgIpc) is 2.26. The first-order chi connectivity index (χ1) is 8.35. The van der Waals surface area contributed by atoms with Gasteiger partial charge in [0.15, 0.2) is 0 Å². The van der Waals surface area contributed by atoms with Gasteiger partial charge in [-0.3, -0.25) is 10.2 Å². The summed E-state index contributed by atoms with van der Waals surface area (Å²) in [5.74, 6) is 5.03. The van der Waals surface area contributed by atoms with Crippen LogP contribution in [0.15, 0.2) is 28.7 Å². The molecule has 5 heteroatoms. The number of nitrogens with one attached hydrogen (secondary N) is 1. The van der Waals surface area contributed by atoms with E-state index in [1.807, 2.05) is 33.0 Å². The normalized spacial score (nSPS) is 11.7. The van der Waals surface area contributed by atoms with Crippen LogP contribution in [0, 0.1) is 5.41 Å². The molecule has 0 aromatic heterocycles. The van der Waals surface area contributed by atoms with E-state index in [1.165, 1.54) is 5.56 Å². The molecular weight excluding hydrogens is 294 g/mol. The summed E-state index contributed by atoms with van der Waals surface area (Å²) in [6.45, 7) is 5.20. The minimum absolute atomic E-state index is 0.149. The number of hydrogen-bond donors (Lipinski definition) is 2.